The second kappa shape index (κ2) is 3.34. The first-order valence-corrected chi connectivity index (χ1v) is 4.79. The Balaban J connectivity index is 2.63. The molecule has 64 valence electrons. The van der Waals surface area contributed by atoms with E-state index in [-0.39, 0.29) is 0 Å². The zero-order chi connectivity index (χ0) is 8.43. The number of thioether (sulfide) groups is 1. The monoisotopic (exact) mass is 173 g/mol. The van der Waals surface area contributed by atoms with Gasteiger partial charge in [0.25, 0.3) is 0 Å². The predicted octanol–water partition coefficient (Wildman–Crippen LogP) is 0.919. The van der Waals surface area contributed by atoms with E-state index in [0.29, 0.717) is 12.0 Å². The van der Waals surface area contributed by atoms with E-state index >= 15 is 0 Å². The molecule has 1 heterocycles. The Bertz CT molecular complexity index is 167. The summed E-state index contributed by atoms with van der Waals surface area (Å²) >= 11 is 1.74. The second-order valence-corrected chi connectivity index (χ2v) is 4.13. The molecule has 1 saturated heterocycles. The van der Waals surface area contributed by atoms with Crippen LogP contribution in [-0.4, -0.2) is 28.9 Å². The number of hydrogen-bond acceptors (Lipinski definition) is 3. The van der Waals surface area contributed by atoms with Crippen LogP contribution >= 0.6 is 11.8 Å². The number of rotatable bonds is 1. The first-order chi connectivity index (χ1) is 5.16. The largest absolute Gasteiger partial charge is 0.349 e. The van der Waals surface area contributed by atoms with E-state index in [1.807, 2.05) is 0 Å². The van der Waals surface area contributed by atoms with E-state index in [2.05, 4.69) is 30.9 Å². The van der Waals surface area contributed by atoms with E-state index in [1.165, 1.54) is 0 Å². The van der Waals surface area contributed by atoms with Crippen LogP contribution in [0.1, 0.15) is 13.8 Å². The van der Waals surface area contributed by atoms with Crippen molar-refractivity contribution in [3.8, 4) is 0 Å². The zero-order valence-corrected chi connectivity index (χ0v) is 8.06. The van der Waals surface area contributed by atoms with Gasteiger partial charge in [-0.05, 0) is 5.92 Å². The van der Waals surface area contributed by atoms with Crippen molar-refractivity contribution in [1.29, 1.82) is 0 Å². The van der Waals surface area contributed by atoms with Crippen LogP contribution in [0.2, 0.25) is 0 Å². The molecule has 4 heteroatoms. The minimum Gasteiger partial charge on any atom is -0.349 e. The number of amidine groups is 1. The van der Waals surface area contributed by atoms with Gasteiger partial charge in [0.05, 0.1) is 0 Å². The Hall–Kier alpha value is -0.380. The highest BCUT2D eigenvalue weighted by atomic mass is 32.2. The van der Waals surface area contributed by atoms with E-state index in [0.717, 1.165) is 10.9 Å². The van der Waals surface area contributed by atoms with E-state index < -0.39 is 0 Å². The summed E-state index contributed by atoms with van der Waals surface area (Å²) in [6.07, 6.45) is 0. The van der Waals surface area contributed by atoms with Gasteiger partial charge < -0.3 is 10.7 Å². The minimum atomic E-state index is 0.599. The lowest BCUT2D eigenvalue weighted by molar-refractivity contribution is 0.327. The summed E-state index contributed by atoms with van der Waals surface area (Å²) in [7, 11) is 2.05. The fraction of sp³-hybridized carbons (Fsp3) is 0.857. The molecule has 0 radical (unpaired) electrons. The van der Waals surface area contributed by atoms with Crippen molar-refractivity contribution >= 4 is 16.9 Å². The molecule has 0 amide bonds. The Morgan fingerprint density at radius 1 is 1.73 bits per heavy atom. The number of hydrogen-bond donors (Lipinski definition) is 1. The third kappa shape index (κ3) is 1.61. The van der Waals surface area contributed by atoms with Gasteiger partial charge >= 0.3 is 0 Å². The summed E-state index contributed by atoms with van der Waals surface area (Å²) in [6.45, 7) is 4.45. The molecule has 1 rings (SSSR count). The molecule has 0 aromatic heterocycles. The van der Waals surface area contributed by atoms with Crippen LogP contribution in [0.3, 0.4) is 0 Å². The summed E-state index contributed by atoms with van der Waals surface area (Å²) in [5.74, 6) is 7.00. The first-order valence-electron chi connectivity index (χ1n) is 3.80. The molecule has 0 saturated carbocycles. The molecule has 2 N–H and O–H groups in total. The molecule has 1 aliphatic heterocycles. The molecule has 0 unspecified atom stereocenters. The standard InChI is InChI=1S/C7H15N3S/c1-5(2)6-4-11-7(9-8)10(6)3/h5-6H,4,8H2,1-3H3/b9-7-/t6-/m0/s1. The summed E-state index contributed by atoms with van der Waals surface area (Å²) in [5.41, 5.74) is 0. The molecule has 1 aliphatic rings. The van der Waals surface area contributed by atoms with Crippen LogP contribution in [0.25, 0.3) is 0 Å². The van der Waals surface area contributed by atoms with Crippen molar-refractivity contribution in [2.24, 2.45) is 16.9 Å². The maximum Gasteiger partial charge on any atom is 0.182 e. The fourth-order valence-corrected chi connectivity index (χ4v) is 2.63. The van der Waals surface area contributed by atoms with E-state index in [9.17, 15) is 0 Å². The van der Waals surface area contributed by atoms with Gasteiger partial charge in [0.2, 0.25) is 0 Å². The van der Waals surface area contributed by atoms with Gasteiger partial charge in [-0.2, -0.15) is 5.10 Å². The predicted molar refractivity (Wildman–Crippen MR) is 50.5 cm³/mol. The molecule has 0 aromatic rings. The topological polar surface area (TPSA) is 41.6 Å². The van der Waals surface area contributed by atoms with Crippen molar-refractivity contribution in [2.45, 2.75) is 19.9 Å². The summed E-state index contributed by atoms with van der Waals surface area (Å²) in [4.78, 5) is 2.16. The SMILES string of the molecule is CC(C)[C@@H]1CS/C(=N\N)N1C. The van der Waals surface area contributed by atoms with Gasteiger partial charge in [-0.3, -0.25) is 0 Å². The lowest BCUT2D eigenvalue weighted by atomic mass is 10.1. The molecule has 0 spiro atoms. The van der Waals surface area contributed by atoms with Gasteiger partial charge in [-0.1, -0.05) is 25.6 Å². The van der Waals surface area contributed by atoms with Crippen LogP contribution in [0.5, 0.6) is 0 Å². The Morgan fingerprint density at radius 2 is 2.36 bits per heavy atom. The maximum absolute atomic E-state index is 5.21. The minimum absolute atomic E-state index is 0.599. The van der Waals surface area contributed by atoms with Crippen molar-refractivity contribution in [2.75, 3.05) is 12.8 Å². The van der Waals surface area contributed by atoms with Gasteiger partial charge in [0, 0.05) is 18.8 Å². The third-order valence-electron chi connectivity index (χ3n) is 2.06. The fourth-order valence-electron chi connectivity index (χ4n) is 1.28. The van der Waals surface area contributed by atoms with Crippen LogP contribution in [-0.2, 0) is 0 Å². The first kappa shape index (κ1) is 8.71. The normalized spacial score (nSPS) is 28.9. The average Bonchev–Trinajstić information content (AvgIpc) is 2.30. The highest BCUT2D eigenvalue weighted by Gasteiger charge is 2.28. The molecule has 1 atom stereocenters. The number of hydrazone groups is 1. The molecule has 0 bridgehead atoms. The van der Waals surface area contributed by atoms with Crippen LogP contribution in [0, 0.1) is 5.92 Å². The molecule has 0 aromatic carbocycles. The van der Waals surface area contributed by atoms with Crippen molar-refractivity contribution < 1.29 is 0 Å². The van der Waals surface area contributed by atoms with Gasteiger partial charge in [0.15, 0.2) is 5.17 Å². The van der Waals surface area contributed by atoms with Crippen LogP contribution < -0.4 is 5.84 Å². The van der Waals surface area contributed by atoms with E-state index in [1.54, 1.807) is 11.8 Å². The van der Waals surface area contributed by atoms with Gasteiger partial charge in [-0.25, -0.2) is 0 Å². The zero-order valence-electron chi connectivity index (χ0n) is 7.24. The molecule has 11 heavy (non-hydrogen) atoms. The Labute approximate surface area is 72.0 Å². The summed E-state index contributed by atoms with van der Waals surface area (Å²) in [6, 6.07) is 0.599. The average molecular weight is 173 g/mol. The maximum atomic E-state index is 5.21. The van der Waals surface area contributed by atoms with Crippen molar-refractivity contribution in [1.82, 2.24) is 4.90 Å². The number of nitrogens with two attached hydrogens (primary N) is 1. The lowest BCUT2D eigenvalue weighted by Gasteiger charge is -2.23. The molecule has 3 nitrogen and oxygen atoms in total. The van der Waals surface area contributed by atoms with Crippen LogP contribution in [0.4, 0.5) is 0 Å². The lowest BCUT2D eigenvalue weighted by Crippen LogP contribution is -2.34. The molecular formula is C7H15N3S. The van der Waals surface area contributed by atoms with Crippen molar-refractivity contribution in [3.63, 3.8) is 0 Å². The van der Waals surface area contributed by atoms with E-state index in [4.69, 9.17) is 5.84 Å². The summed E-state index contributed by atoms with van der Waals surface area (Å²) < 4.78 is 0. The highest BCUT2D eigenvalue weighted by molar-refractivity contribution is 8.14. The van der Waals surface area contributed by atoms with Gasteiger partial charge in [-0.15, -0.1) is 0 Å². The van der Waals surface area contributed by atoms with Crippen molar-refractivity contribution in [3.05, 3.63) is 0 Å². The second-order valence-electron chi connectivity index (χ2n) is 3.14. The molecule has 1 fully saturated rings. The Morgan fingerprint density at radius 3 is 2.64 bits per heavy atom. The summed E-state index contributed by atoms with van der Waals surface area (Å²) in [5, 5.41) is 4.67. The van der Waals surface area contributed by atoms with Crippen LogP contribution in [0.15, 0.2) is 5.10 Å². The third-order valence-corrected chi connectivity index (χ3v) is 3.22. The smallest absolute Gasteiger partial charge is 0.182 e. The Kier molecular flexibility index (Phi) is 2.65. The molecule has 0 aliphatic carbocycles. The highest BCUT2D eigenvalue weighted by Crippen LogP contribution is 2.26. The number of nitrogens with zero attached hydrogens (tertiary/aromatic N) is 2. The van der Waals surface area contributed by atoms with Gasteiger partial charge in [0.1, 0.15) is 0 Å². The molecular weight excluding hydrogens is 158 g/mol. The quantitative estimate of drug-likeness (QED) is 0.473.